The molecular formula is C17H30N2O3S. The molecule has 1 aliphatic heterocycles. The summed E-state index contributed by atoms with van der Waals surface area (Å²) in [5.74, 6) is 0.0854. The fraction of sp³-hybridized carbons (Fsp3) is 0.824. The van der Waals surface area contributed by atoms with Crippen LogP contribution in [0.2, 0.25) is 0 Å². The minimum atomic E-state index is -1.07. The van der Waals surface area contributed by atoms with Crippen LogP contribution in [0.4, 0.5) is 4.79 Å². The number of unbranched alkanes of at least 4 members (excludes halogenated alkanes) is 8. The maximum atomic E-state index is 12.1. The van der Waals surface area contributed by atoms with Gasteiger partial charge in [0.2, 0.25) is 11.8 Å². The highest BCUT2D eigenvalue weighted by Crippen LogP contribution is 2.31. The van der Waals surface area contributed by atoms with Crippen molar-refractivity contribution in [3.63, 3.8) is 0 Å². The third-order valence-corrected chi connectivity index (χ3v) is 5.00. The van der Waals surface area contributed by atoms with Crippen molar-refractivity contribution in [3.8, 4) is 0 Å². The summed E-state index contributed by atoms with van der Waals surface area (Å²) in [5.41, 5.74) is -1.07. The molecule has 6 heteroatoms. The van der Waals surface area contributed by atoms with Gasteiger partial charge >= 0.3 is 6.03 Å². The molecule has 1 rings (SSSR count). The van der Waals surface area contributed by atoms with Crippen molar-refractivity contribution < 1.29 is 14.4 Å². The molecule has 132 valence electrons. The predicted molar refractivity (Wildman–Crippen MR) is 94.4 cm³/mol. The minimum absolute atomic E-state index is 0.420. The second kappa shape index (κ2) is 10.7. The second-order valence-electron chi connectivity index (χ2n) is 6.33. The van der Waals surface area contributed by atoms with E-state index in [-0.39, 0.29) is 0 Å². The van der Waals surface area contributed by atoms with E-state index in [1.807, 2.05) is 6.92 Å². The topological polar surface area (TPSA) is 75.3 Å². The zero-order valence-corrected chi connectivity index (χ0v) is 15.1. The Balaban J connectivity index is 2.19. The highest BCUT2D eigenvalue weighted by Gasteiger charge is 2.48. The highest BCUT2D eigenvalue weighted by molar-refractivity contribution is 7.80. The van der Waals surface area contributed by atoms with Crippen molar-refractivity contribution in [3.05, 3.63) is 0 Å². The van der Waals surface area contributed by atoms with Crippen molar-refractivity contribution in [2.75, 3.05) is 5.75 Å². The molecule has 1 saturated heterocycles. The summed E-state index contributed by atoms with van der Waals surface area (Å²) in [5, 5.41) is 4.44. The van der Waals surface area contributed by atoms with Gasteiger partial charge in [0.25, 0.3) is 0 Å². The Morgan fingerprint density at radius 3 is 1.65 bits per heavy atom. The van der Waals surface area contributed by atoms with Crippen molar-refractivity contribution in [1.82, 2.24) is 10.6 Å². The maximum Gasteiger partial charge on any atom is 0.328 e. The van der Waals surface area contributed by atoms with Gasteiger partial charge in [0.05, 0.1) is 0 Å². The number of carbonyl (C=O) groups excluding carboxylic acids is 3. The zero-order valence-electron chi connectivity index (χ0n) is 14.2. The van der Waals surface area contributed by atoms with E-state index >= 15 is 0 Å². The molecule has 1 fully saturated rings. The molecule has 0 aromatic heterocycles. The summed E-state index contributed by atoms with van der Waals surface area (Å²) in [6, 6.07) is -0.706. The van der Waals surface area contributed by atoms with Gasteiger partial charge in [-0.2, -0.15) is 12.6 Å². The first-order valence-corrected chi connectivity index (χ1v) is 9.48. The molecule has 0 aromatic carbocycles. The van der Waals surface area contributed by atoms with Gasteiger partial charge in [-0.25, -0.2) is 4.79 Å². The number of hydrogen-bond acceptors (Lipinski definition) is 4. The van der Waals surface area contributed by atoms with E-state index in [1.165, 1.54) is 38.5 Å². The Bertz CT molecular complexity index is 393. The fourth-order valence-electron chi connectivity index (χ4n) is 3.08. The Morgan fingerprint density at radius 2 is 1.22 bits per heavy atom. The molecule has 0 aromatic rings. The van der Waals surface area contributed by atoms with E-state index in [2.05, 4.69) is 23.3 Å². The van der Waals surface area contributed by atoms with Crippen molar-refractivity contribution in [2.24, 2.45) is 5.41 Å². The largest absolute Gasteiger partial charge is 0.328 e. The molecule has 23 heavy (non-hydrogen) atoms. The van der Waals surface area contributed by atoms with Crippen LogP contribution in [0.25, 0.3) is 0 Å². The van der Waals surface area contributed by atoms with Crippen LogP contribution in [0, 0.1) is 5.41 Å². The van der Waals surface area contributed by atoms with Gasteiger partial charge in [0.15, 0.2) is 0 Å². The van der Waals surface area contributed by atoms with Crippen LogP contribution >= 0.6 is 12.6 Å². The third-order valence-electron chi connectivity index (χ3n) is 4.69. The molecule has 0 atom stereocenters. The van der Waals surface area contributed by atoms with E-state index in [4.69, 9.17) is 0 Å². The number of hydrogen-bond donors (Lipinski definition) is 3. The lowest BCUT2D eigenvalue weighted by atomic mass is 9.77. The molecule has 0 saturated carbocycles. The van der Waals surface area contributed by atoms with E-state index < -0.39 is 23.3 Å². The molecule has 1 aliphatic rings. The van der Waals surface area contributed by atoms with Gasteiger partial charge < -0.3 is 0 Å². The Labute approximate surface area is 144 Å². The number of barbiturate groups is 1. The first kappa shape index (κ1) is 20.0. The number of thiol groups is 1. The van der Waals surface area contributed by atoms with Gasteiger partial charge in [0, 0.05) is 0 Å². The van der Waals surface area contributed by atoms with Gasteiger partial charge in [0.1, 0.15) is 5.41 Å². The Morgan fingerprint density at radius 1 is 0.783 bits per heavy atom. The lowest BCUT2D eigenvalue weighted by Crippen LogP contribution is -2.62. The quantitative estimate of drug-likeness (QED) is 0.288. The average Bonchev–Trinajstić information content (AvgIpc) is 2.51. The summed E-state index contributed by atoms with van der Waals surface area (Å²) in [7, 11) is 0. The molecule has 2 N–H and O–H groups in total. The minimum Gasteiger partial charge on any atom is -0.277 e. The maximum absolute atomic E-state index is 12.1. The summed E-state index contributed by atoms with van der Waals surface area (Å²) in [6.07, 6.45) is 11.4. The lowest BCUT2D eigenvalue weighted by Gasteiger charge is -2.33. The SMILES string of the molecule is CCC1(CCCCCCCCCCCS)C(=O)NC(=O)NC1=O. The number of amides is 4. The number of urea groups is 1. The van der Waals surface area contributed by atoms with Crippen LogP contribution in [-0.2, 0) is 9.59 Å². The summed E-state index contributed by atoms with van der Waals surface area (Å²) >= 11 is 4.20. The van der Waals surface area contributed by atoms with E-state index in [9.17, 15) is 14.4 Å². The monoisotopic (exact) mass is 342 g/mol. The average molecular weight is 343 g/mol. The summed E-state index contributed by atoms with van der Waals surface area (Å²) in [4.78, 5) is 35.3. The Hall–Kier alpha value is -1.04. The number of nitrogens with one attached hydrogen (secondary N) is 2. The molecule has 0 unspecified atom stereocenters. The Kier molecular flexibility index (Phi) is 9.29. The van der Waals surface area contributed by atoms with E-state index in [0.29, 0.717) is 12.8 Å². The molecule has 0 aliphatic carbocycles. The molecule has 1 heterocycles. The van der Waals surface area contributed by atoms with Crippen LogP contribution in [-0.4, -0.2) is 23.6 Å². The number of rotatable bonds is 12. The normalized spacial score (nSPS) is 17.0. The molecule has 0 spiro atoms. The van der Waals surface area contributed by atoms with Crippen molar-refractivity contribution in [2.45, 2.75) is 77.6 Å². The van der Waals surface area contributed by atoms with Crippen LogP contribution in [0.5, 0.6) is 0 Å². The zero-order chi connectivity index (χ0) is 17.1. The number of imide groups is 2. The van der Waals surface area contributed by atoms with Crippen LogP contribution < -0.4 is 10.6 Å². The van der Waals surface area contributed by atoms with Crippen LogP contribution in [0.3, 0.4) is 0 Å². The fourth-order valence-corrected chi connectivity index (χ4v) is 3.30. The first-order chi connectivity index (χ1) is 11.1. The molecule has 0 radical (unpaired) electrons. The molecule has 4 amide bonds. The molecule has 5 nitrogen and oxygen atoms in total. The highest BCUT2D eigenvalue weighted by atomic mass is 32.1. The smallest absolute Gasteiger partial charge is 0.277 e. The molecular weight excluding hydrogens is 312 g/mol. The van der Waals surface area contributed by atoms with Gasteiger partial charge in [-0.15, -0.1) is 0 Å². The van der Waals surface area contributed by atoms with E-state index in [0.717, 1.165) is 25.0 Å². The predicted octanol–water partition coefficient (Wildman–Crippen LogP) is 3.58. The van der Waals surface area contributed by atoms with E-state index in [1.54, 1.807) is 0 Å². The summed E-state index contributed by atoms with van der Waals surface area (Å²) in [6.45, 7) is 1.82. The van der Waals surface area contributed by atoms with Crippen LogP contribution in [0.1, 0.15) is 77.6 Å². The molecule has 0 bridgehead atoms. The summed E-state index contributed by atoms with van der Waals surface area (Å²) < 4.78 is 0. The number of carbonyl (C=O) groups is 3. The van der Waals surface area contributed by atoms with Crippen molar-refractivity contribution >= 4 is 30.5 Å². The van der Waals surface area contributed by atoms with Gasteiger partial charge in [-0.05, 0) is 25.0 Å². The van der Waals surface area contributed by atoms with Crippen LogP contribution in [0.15, 0.2) is 0 Å². The lowest BCUT2D eigenvalue weighted by molar-refractivity contribution is -0.145. The van der Waals surface area contributed by atoms with Gasteiger partial charge in [-0.1, -0.05) is 58.3 Å². The third kappa shape index (κ3) is 6.16. The standard InChI is InChI=1S/C17H30N2O3S/c1-2-17(14(20)18-16(22)19-15(17)21)12-10-8-6-4-3-5-7-9-11-13-23/h23H,2-13H2,1H3,(H2,18,19,20,21,22). The van der Waals surface area contributed by atoms with Gasteiger partial charge in [-0.3, -0.25) is 20.2 Å². The second-order valence-corrected chi connectivity index (χ2v) is 6.78. The first-order valence-electron chi connectivity index (χ1n) is 8.84. The van der Waals surface area contributed by atoms with Crippen molar-refractivity contribution in [1.29, 1.82) is 0 Å².